The highest BCUT2D eigenvalue weighted by atomic mass is 19.4. The minimum atomic E-state index is -4.45. The van der Waals surface area contributed by atoms with Crippen LogP contribution in [-0.4, -0.2) is 43.1 Å². The van der Waals surface area contributed by atoms with Gasteiger partial charge in [0.15, 0.2) is 0 Å². The minimum absolute atomic E-state index is 0.275. The number of amides is 3. The number of hydrogen-bond donors (Lipinski definition) is 2. The van der Waals surface area contributed by atoms with Gasteiger partial charge in [-0.1, -0.05) is 12.1 Å². The molecule has 3 rings (SSSR count). The summed E-state index contributed by atoms with van der Waals surface area (Å²) >= 11 is 0. The van der Waals surface area contributed by atoms with Gasteiger partial charge in [-0.2, -0.15) is 13.2 Å². The third-order valence-electron chi connectivity index (χ3n) is 4.37. The predicted molar refractivity (Wildman–Crippen MR) is 86.0 cm³/mol. The molecule has 0 unspecified atom stereocenters. The first-order valence-corrected chi connectivity index (χ1v) is 8.10. The quantitative estimate of drug-likeness (QED) is 0.840. The molecule has 0 aliphatic carbocycles. The molecule has 0 aromatic heterocycles. The molecule has 1 fully saturated rings. The summed E-state index contributed by atoms with van der Waals surface area (Å²) in [5.74, 6) is -0.275. The topological polar surface area (TPSA) is 70.7 Å². The van der Waals surface area contributed by atoms with Gasteiger partial charge in [0.05, 0.1) is 30.4 Å². The number of urea groups is 1. The lowest BCUT2D eigenvalue weighted by atomic mass is 9.93. The molecule has 6 nitrogen and oxygen atoms in total. The summed E-state index contributed by atoms with van der Waals surface area (Å²) in [7, 11) is 0. The molecular formula is C17H18F3N3O3. The van der Waals surface area contributed by atoms with Gasteiger partial charge in [0, 0.05) is 18.8 Å². The second-order valence-electron chi connectivity index (χ2n) is 6.09. The van der Waals surface area contributed by atoms with Crippen LogP contribution in [0.15, 0.2) is 35.5 Å². The number of carbonyl (C=O) groups excluding carboxylic acids is 2. The van der Waals surface area contributed by atoms with Crippen LogP contribution >= 0.6 is 0 Å². The average molecular weight is 369 g/mol. The Kier molecular flexibility index (Phi) is 4.90. The monoisotopic (exact) mass is 369 g/mol. The van der Waals surface area contributed by atoms with E-state index in [2.05, 4.69) is 10.6 Å². The molecule has 1 aromatic rings. The van der Waals surface area contributed by atoms with E-state index in [0.717, 1.165) is 12.1 Å². The van der Waals surface area contributed by atoms with Crippen molar-refractivity contribution in [1.29, 1.82) is 0 Å². The number of nitrogens with one attached hydrogen (secondary N) is 2. The Labute approximate surface area is 148 Å². The van der Waals surface area contributed by atoms with E-state index in [1.165, 1.54) is 12.1 Å². The summed E-state index contributed by atoms with van der Waals surface area (Å²) in [6.07, 6.45) is -4.45. The maximum absolute atomic E-state index is 12.9. The Hall–Kier alpha value is -2.55. The molecule has 9 heteroatoms. The van der Waals surface area contributed by atoms with Crippen LogP contribution in [0.3, 0.4) is 0 Å². The predicted octanol–water partition coefficient (Wildman–Crippen LogP) is 2.19. The van der Waals surface area contributed by atoms with Crippen LogP contribution in [-0.2, 0) is 15.7 Å². The molecule has 0 radical (unpaired) electrons. The van der Waals surface area contributed by atoms with Gasteiger partial charge in [-0.25, -0.2) is 4.79 Å². The molecule has 140 valence electrons. The van der Waals surface area contributed by atoms with E-state index in [1.807, 2.05) is 0 Å². The van der Waals surface area contributed by atoms with E-state index >= 15 is 0 Å². The molecule has 1 saturated heterocycles. The molecule has 1 aromatic carbocycles. The molecule has 1 atom stereocenters. The molecule has 0 saturated carbocycles. The van der Waals surface area contributed by atoms with E-state index in [0.29, 0.717) is 43.1 Å². The zero-order chi connectivity index (χ0) is 18.9. The van der Waals surface area contributed by atoms with Crippen molar-refractivity contribution in [3.05, 3.63) is 46.7 Å². The van der Waals surface area contributed by atoms with Gasteiger partial charge in [-0.05, 0) is 24.6 Å². The Morgan fingerprint density at radius 1 is 1.19 bits per heavy atom. The van der Waals surface area contributed by atoms with Crippen LogP contribution in [0.4, 0.5) is 18.0 Å². The van der Waals surface area contributed by atoms with Crippen molar-refractivity contribution in [1.82, 2.24) is 15.5 Å². The van der Waals surface area contributed by atoms with Crippen LogP contribution in [0, 0.1) is 0 Å². The number of hydrogen-bond acceptors (Lipinski definition) is 3. The molecule has 2 aliphatic rings. The first-order chi connectivity index (χ1) is 12.3. The van der Waals surface area contributed by atoms with Gasteiger partial charge in [0.2, 0.25) is 0 Å². The number of carbonyl (C=O) groups is 2. The number of morpholine rings is 1. The summed E-state index contributed by atoms with van der Waals surface area (Å²) in [6.45, 7) is 3.28. The molecule has 0 bridgehead atoms. The Bertz CT molecular complexity index is 738. The SMILES string of the molecule is CC1=C(C(=O)N2CCOCC2)[C@@H](c2ccc(C(F)(F)F)cc2)NC(=O)N1. The second kappa shape index (κ2) is 6.99. The van der Waals surface area contributed by atoms with Gasteiger partial charge >= 0.3 is 12.2 Å². The fraction of sp³-hybridized carbons (Fsp3) is 0.412. The lowest BCUT2D eigenvalue weighted by molar-refractivity contribution is -0.137. The summed E-state index contributed by atoms with van der Waals surface area (Å²) < 4.78 is 43.6. The van der Waals surface area contributed by atoms with Crippen molar-refractivity contribution in [3.8, 4) is 0 Å². The van der Waals surface area contributed by atoms with Crippen LogP contribution in [0.2, 0.25) is 0 Å². The number of benzene rings is 1. The highest BCUT2D eigenvalue weighted by molar-refractivity contribution is 5.98. The minimum Gasteiger partial charge on any atom is -0.378 e. The zero-order valence-corrected chi connectivity index (χ0v) is 14.0. The lowest BCUT2D eigenvalue weighted by Gasteiger charge is -2.34. The maximum Gasteiger partial charge on any atom is 0.416 e. The largest absolute Gasteiger partial charge is 0.416 e. The number of halogens is 3. The highest BCUT2D eigenvalue weighted by Gasteiger charge is 2.35. The summed E-state index contributed by atoms with van der Waals surface area (Å²) in [5.41, 5.74) is 0.313. The fourth-order valence-electron chi connectivity index (χ4n) is 3.03. The number of ether oxygens (including phenoxy) is 1. The standard InChI is InChI=1S/C17H18F3N3O3/c1-10-13(15(24)23-6-8-26-9-7-23)14(22-16(25)21-10)11-2-4-12(5-3-11)17(18,19)20/h2-5,14H,6-9H2,1H3,(H2,21,22,25)/t14-/m1/s1. The van der Waals surface area contributed by atoms with E-state index < -0.39 is 23.8 Å². The molecule has 26 heavy (non-hydrogen) atoms. The first kappa shape index (κ1) is 18.2. The Balaban J connectivity index is 1.93. The average Bonchev–Trinajstić information content (AvgIpc) is 2.61. The Morgan fingerprint density at radius 2 is 1.81 bits per heavy atom. The normalized spacial score (nSPS) is 21.3. The molecular weight excluding hydrogens is 351 g/mol. The third kappa shape index (κ3) is 3.67. The molecule has 0 spiro atoms. The molecule has 2 aliphatic heterocycles. The van der Waals surface area contributed by atoms with Gasteiger partial charge < -0.3 is 20.3 Å². The van der Waals surface area contributed by atoms with Crippen LogP contribution < -0.4 is 10.6 Å². The fourth-order valence-corrected chi connectivity index (χ4v) is 3.03. The van der Waals surface area contributed by atoms with Crippen LogP contribution in [0.25, 0.3) is 0 Å². The third-order valence-corrected chi connectivity index (χ3v) is 4.37. The van der Waals surface area contributed by atoms with Gasteiger partial charge in [-0.3, -0.25) is 4.79 Å². The number of rotatable bonds is 2. The van der Waals surface area contributed by atoms with Crippen molar-refractivity contribution in [2.75, 3.05) is 26.3 Å². The van der Waals surface area contributed by atoms with Crippen molar-refractivity contribution < 1.29 is 27.5 Å². The molecule has 2 N–H and O–H groups in total. The summed E-state index contributed by atoms with van der Waals surface area (Å²) in [5, 5.41) is 5.18. The van der Waals surface area contributed by atoms with E-state index in [4.69, 9.17) is 4.74 Å². The van der Waals surface area contributed by atoms with Crippen molar-refractivity contribution in [2.45, 2.75) is 19.1 Å². The van der Waals surface area contributed by atoms with E-state index in [9.17, 15) is 22.8 Å². The maximum atomic E-state index is 12.9. The number of allylic oxidation sites excluding steroid dienone is 1. The van der Waals surface area contributed by atoms with Gasteiger partial charge in [0.25, 0.3) is 5.91 Å². The van der Waals surface area contributed by atoms with Gasteiger partial charge in [-0.15, -0.1) is 0 Å². The van der Waals surface area contributed by atoms with E-state index in [-0.39, 0.29) is 5.91 Å². The zero-order valence-electron chi connectivity index (χ0n) is 14.0. The second-order valence-corrected chi connectivity index (χ2v) is 6.09. The van der Waals surface area contributed by atoms with Crippen molar-refractivity contribution >= 4 is 11.9 Å². The Morgan fingerprint density at radius 3 is 2.38 bits per heavy atom. The first-order valence-electron chi connectivity index (χ1n) is 8.10. The summed E-state index contributed by atoms with van der Waals surface area (Å²) in [4.78, 5) is 26.4. The smallest absolute Gasteiger partial charge is 0.378 e. The molecule has 2 heterocycles. The number of alkyl halides is 3. The van der Waals surface area contributed by atoms with Crippen LogP contribution in [0.5, 0.6) is 0 Å². The van der Waals surface area contributed by atoms with Crippen molar-refractivity contribution in [2.24, 2.45) is 0 Å². The number of nitrogens with zero attached hydrogens (tertiary/aromatic N) is 1. The van der Waals surface area contributed by atoms with Crippen LogP contribution in [0.1, 0.15) is 24.1 Å². The molecule has 3 amide bonds. The van der Waals surface area contributed by atoms with E-state index in [1.54, 1.807) is 11.8 Å². The van der Waals surface area contributed by atoms with Gasteiger partial charge in [0.1, 0.15) is 0 Å². The van der Waals surface area contributed by atoms with Crippen molar-refractivity contribution in [3.63, 3.8) is 0 Å². The lowest BCUT2D eigenvalue weighted by Crippen LogP contribution is -2.49. The highest BCUT2D eigenvalue weighted by Crippen LogP contribution is 2.32. The summed E-state index contributed by atoms with van der Waals surface area (Å²) in [6, 6.07) is 3.11.